The minimum Gasteiger partial charge on any atom is -0.379 e. The number of ether oxygens (including phenoxy) is 1. The van der Waals surface area contributed by atoms with Crippen molar-refractivity contribution in [2.45, 2.75) is 51.1 Å². The Morgan fingerprint density at radius 3 is 2.76 bits per heavy atom. The van der Waals surface area contributed by atoms with E-state index >= 15 is 0 Å². The summed E-state index contributed by atoms with van der Waals surface area (Å²) in [5.74, 6) is 0.542. The van der Waals surface area contributed by atoms with E-state index in [9.17, 15) is 4.79 Å². The van der Waals surface area contributed by atoms with Crippen molar-refractivity contribution < 1.29 is 9.53 Å². The summed E-state index contributed by atoms with van der Waals surface area (Å²) in [6, 6.07) is 10.8. The fraction of sp³-hybridized carbons (Fsp3) is 0.545. The van der Waals surface area contributed by atoms with E-state index < -0.39 is 0 Å². The van der Waals surface area contributed by atoms with Crippen LogP contribution < -0.4 is 10.6 Å². The molecule has 7 heteroatoms. The number of hydrogen-bond donors (Lipinski definition) is 2. The molecule has 1 saturated heterocycles. The van der Waals surface area contributed by atoms with Crippen LogP contribution in [0.15, 0.2) is 30.3 Å². The van der Waals surface area contributed by atoms with Gasteiger partial charge in [0.25, 0.3) is 0 Å². The van der Waals surface area contributed by atoms with Crippen LogP contribution in [0.4, 0.5) is 9.93 Å². The number of thiazole rings is 1. The molecule has 0 saturated carbocycles. The zero-order valence-corrected chi connectivity index (χ0v) is 18.0. The molecule has 1 aliphatic heterocycles. The molecule has 2 amide bonds. The molecule has 1 fully saturated rings. The van der Waals surface area contributed by atoms with E-state index in [2.05, 4.69) is 64.7 Å². The standard InChI is InChI=1S/C22H30N4O2S/c1-15(16(2)26-10-12-28-13-11-26)23-21(27)25-22-24-19-9-8-18(14-20(19)29-22)17-6-4-3-5-7-17/h3-7,15-16,18H,8-14H2,1-2H3,(H2,23,24,25,27). The summed E-state index contributed by atoms with van der Waals surface area (Å²) in [6.07, 6.45) is 3.09. The molecule has 6 nitrogen and oxygen atoms in total. The lowest BCUT2D eigenvalue weighted by Gasteiger charge is -2.35. The van der Waals surface area contributed by atoms with Crippen molar-refractivity contribution in [2.75, 3.05) is 31.6 Å². The summed E-state index contributed by atoms with van der Waals surface area (Å²) in [7, 11) is 0. The van der Waals surface area contributed by atoms with Gasteiger partial charge in [0.2, 0.25) is 0 Å². The van der Waals surface area contributed by atoms with Crippen LogP contribution in [0.1, 0.15) is 42.3 Å². The van der Waals surface area contributed by atoms with Gasteiger partial charge in [-0.05, 0) is 44.6 Å². The number of rotatable bonds is 5. The maximum Gasteiger partial charge on any atom is 0.321 e. The molecule has 2 aromatic rings. The number of hydrogen-bond acceptors (Lipinski definition) is 5. The Bertz CT molecular complexity index is 819. The van der Waals surface area contributed by atoms with Crippen LogP contribution in [0.5, 0.6) is 0 Å². The molecular formula is C22H30N4O2S. The summed E-state index contributed by atoms with van der Waals surface area (Å²) in [4.78, 5) is 20.9. The maximum atomic E-state index is 12.5. The van der Waals surface area contributed by atoms with Gasteiger partial charge in [0, 0.05) is 30.1 Å². The number of amides is 2. The number of benzene rings is 1. The molecule has 1 aromatic heterocycles. The smallest absolute Gasteiger partial charge is 0.321 e. The summed E-state index contributed by atoms with van der Waals surface area (Å²) >= 11 is 1.62. The average molecular weight is 415 g/mol. The zero-order valence-electron chi connectivity index (χ0n) is 17.2. The van der Waals surface area contributed by atoms with Gasteiger partial charge in [0.1, 0.15) is 0 Å². The van der Waals surface area contributed by atoms with Gasteiger partial charge in [-0.15, -0.1) is 11.3 Å². The molecule has 29 heavy (non-hydrogen) atoms. The van der Waals surface area contributed by atoms with Crippen molar-refractivity contribution in [3.63, 3.8) is 0 Å². The van der Waals surface area contributed by atoms with Crippen molar-refractivity contribution in [2.24, 2.45) is 0 Å². The molecule has 0 radical (unpaired) electrons. The lowest BCUT2D eigenvalue weighted by Crippen LogP contribution is -2.52. The second-order valence-electron chi connectivity index (χ2n) is 8.02. The Balaban J connectivity index is 1.32. The first-order valence-corrected chi connectivity index (χ1v) is 11.3. The molecular weight excluding hydrogens is 384 g/mol. The molecule has 3 unspecified atom stereocenters. The van der Waals surface area contributed by atoms with Crippen molar-refractivity contribution in [3.05, 3.63) is 46.5 Å². The fourth-order valence-electron chi connectivity index (χ4n) is 4.20. The van der Waals surface area contributed by atoms with Gasteiger partial charge in [0.15, 0.2) is 5.13 Å². The summed E-state index contributed by atoms with van der Waals surface area (Å²) < 4.78 is 5.42. The molecule has 1 aromatic carbocycles. The third-order valence-corrected chi connectivity index (χ3v) is 7.17. The largest absolute Gasteiger partial charge is 0.379 e. The van der Waals surface area contributed by atoms with E-state index in [4.69, 9.17) is 4.74 Å². The Morgan fingerprint density at radius 2 is 2.00 bits per heavy atom. The molecule has 2 aliphatic rings. The molecule has 156 valence electrons. The zero-order chi connectivity index (χ0) is 20.2. The minimum absolute atomic E-state index is 0.0464. The van der Waals surface area contributed by atoms with E-state index in [1.54, 1.807) is 11.3 Å². The Kier molecular flexibility index (Phi) is 6.47. The molecule has 0 spiro atoms. The molecule has 2 N–H and O–H groups in total. The highest BCUT2D eigenvalue weighted by molar-refractivity contribution is 7.15. The predicted octanol–water partition coefficient (Wildman–Crippen LogP) is 3.65. The normalized spacial score (nSPS) is 21.8. The van der Waals surface area contributed by atoms with Crippen molar-refractivity contribution in [3.8, 4) is 0 Å². The van der Waals surface area contributed by atoms with Crippen LogP contribution in [0, 0.1) is 0 Å². The summed E-state index contributed by atoms with van der Waals surface area (Å²) in [5.41, 5.74) is 2.54. The van der Waals surface area contributed by atoms with E-state index in [-0.39, 0.29) is 18.1 Å². The second-order valence-corrected chi connectivity index (χ2v) is 9.10. The van der Waals surface area contributed by atoms with Gasteiger partial charge in [-0.25, -0.2) is 9.78 Å². The van der Waals surface area contributed by atoms with Crippen LogP contribution in [0.3, 0.4) is 0 Å². The first-order chi connectivity index (χ1) is 14.1. The van der Waals surface area contributed by atoms with Gasteiger partial charge < -0.3 is 10.1 Å². The number of nitrogens with zero attached hydrogens (tertiary/aromatic N) is 2. The van der Waals surface area contributed by atoms with Crippen LogP contribution in [0.2, 0.25) is 0 Å². The Morgan fingerprint density at radius 1 is 1.24 bits per heavy atom. The topological polar surface area (TPSA) is 66.5 Å². The highest BCUT2D eigenvalue weighted by atomic mass is 32.1. The fourth-order valence-corrected chi connectivity index (χ4v) is 5.28. The number of nitrogens with one attached hydrogen (secondary N) is 2. The molecule has 2 heterocycles. The SMILES string of the molecule is CC(NC(=O)Nc1nc2c(s1)CC(c1ccccc1)CC2)C(C)N1CCOCC1. The van der Waals surface area contributed by atoms with Gasteiger partial charge in [-0.3, -0.25) is 10.2 Å². The van der Waals surface area contributed by atoms with Crippen molar-refractivity contribution >= 4 is 22.5 Å². The van der Waals surface area contributed by atoms with Crippen LogP contribution in [-0.4, -0.2) is 54.3 Å². The number of fused-ring (bicyclic) bond motifs is 1. The van der Waals surface area contributed by atoms with Gasteiger partial charge in [0.05, 0.1) is 18.9 Å². The number of aryl methyl sites for hydroxylation is 1. The number of carbonyl (C=O) groups excluding carboxylic acids is 1. The monoisotopic (exact) mass is 414 g/mol. The Hall–Kier alpha value is -1.96. The third kappa shape index (κ3) is 4.97. The van der Waals surface area contributed by atoms with E-state index in [1.807, 2.05) is 0 Å². The predicted molar refractivity (Wildman–Crippen MR) is 117 cm³/mol. The van der Waals surface area contributed by atoms with E-state index in [0.29, 0.717) is 11.0 Å². The van der Waals surface area contributed by atoms with Crippen molar-refractivity contribution in [1.29, 1.82) is 0 Å². The second kappa shape index (κ2) is 9.24. The summed E-state index contributed by atoms with van der Waals surface area (Å²) in [5, 5.41) is 6.73. The van der Waals surface area contributed by atoms with Gasteiger partial charge in [-0.2, -0.15) is 0 Å². The van der Waals surface area contributed by atoms with Crippen molar-refractivity contribution in [1.82, 2.24) is 15.2 Å². The van der Waals surface area contributed by atoms with Crippen LogP contribution >= 0.6 is 11.3 Å². The quantitative estimate of drug-likeness (QED) is 0.784. The number of urea groups is 1. The molecule has 4 rings (SSSR count). The number of carbonyl (C=O) groups is 1. The lowest BCUT2D eigenvalue weighted by molar-refractivity contribution is 0.0146. The minimum atomic E-state index is -0.177. The summed E-state index contributed by atoms with van der Waals surface area (Å²) in [6.45, 7) is 7.56. The first kappa shape index (κ1) is 20.3. The highest BCUT2D eigenvalue weighted by Crippen LogP contribution is 2.36. The maximum absolute atomic E-state index is 12.5. The number of anilines is 1. The average Bonchev–Trinajstić information content (AvgIpc) is 3.15. The highest BCUT2D eigenvalue weighted by Gasteiger charge is 2.26. The lowest BCUT2D eigenvalue weighted by atomic mass is 9.85. The molecule has 3 atom stereocenters. The molecule has 0 bridgehead atoms. The molecule has 1 aliphatic carbocycles. The van der Waals surface area contributed by atoms with E-state index in [1.165, 1.54) is 10.4 Å². The van der Waals surface area contributed by atoms with Crippen LogP contribution in [0.25, 0.3) is 0 Å². The van der Waals surface area contributed by atoms with Gasteiger partial charge >= 0.3 is 6.03 Å². The number of morpholine rings is 1. The third-order valence-electron chi connectivity index (χ3n) is 6.14. The Labute approximate surface area is 176 Å². The first-order valence-electron chi connectivity index (χ1n) is 10.5. The van der Waals surface area contributed by atoms with Gasteiger partial charge in [-0.1, -0.05) is 30.3 Å². The van der Waals surface area contributed by atoms with Crippen LogP contribution in [-0.2, 0) is 17.6 Å². The number of aromatic nitrogens is 1. The van der Waals surface area contributed by atoms with E-state index in [0.717, 1.165) is 51.3 Å².